The molecule has 0 bridgehead atoms. The summed E-state index contributed by atoms with van der Waals surface area (Å²) in [6, 6.07) is 6.21. The molecule has 0 saturated carbocycles. The third-order valence-corrected chi connectivity index (χ3v) is 2.76. The van der Waals surface area contributed by atoms with E-state index < -0.39 is 36.9 Å². The van der Waals surface area contributed by atoms with Crippen LogP contribution in [0.25, 0.3) is 11.0 Å². The molecule has 2 aromatic rings. The van der Waals surface area contributed by atoms with Gasteiger partial charge in [-0.3, -0.25) is 0 Å². The molecular formula is C13H12F3N3O2. The van der Waals surface area contributed by atoms with Crippen molar-refractivity contribution in [2.45, 2.75) is 19.4 Å². The average molecular weight is 299 g/mol. The topological polar surface area (TPSA) is 57.0 Å². The van der Waals surface area contributed by atoms with E-state index in [0.717, 1.165) is 0 Å². The number of aromatic nitrogens is 3. The zero-order valence-electron chi connectivity index (χ0n) is 11.1. The van der Waals surface area contributed by atoms with Gasteiger partial charge in [-0.1, -0.05) is 12.1 Å². The van der Waals surface area contributed by atoms with Gasteiger partial charge in [0.15, 0.2) is 11.9 Å². The van der Waals surface area contributed by atoms with E-state index in [1.807, 2.05) is 0 Å². The van der Waals surface area contributed by atoms with Gasteiger partial charge in [0, 0.05) is 6.42 Å². The van der Waals surface area contributed by atoms with Crippen molar-refractivity contribution in [1.29, 1.82) is 0 Å². The van der Waals surface area contributed by atoms with Gasteiger partial charge < -0.3 is 4.74 Å². The standard InChI is InChI=1S/C13H12F3N3O2/c1-8(13(20)21-7-6-9(14)12(15)16)19-17-10-4-2-3-5-11(10)18-19/h2-5,8H,6-7H2,1H3. The molecule has 0 amide bonds. The lowest BCUT2D eigenvalue weighted by atomic mass is 10.3. The van der Waals surface area contributed by atoms with Crippen LogP contribution < -0.4 is 0 Å². The summed E-state index contributed by atoms with van der Waals surface area (Å²) in [5, 5.41) is 8.21. The molecule has 0 fully saturated rings. The van der Waals surface area contributed by atoms with E-state index in [1.54, 1.807) is 24.3 Å². The van der Waals surface area contributed by atoms with E-state index in [2.05, 4.69) is 10.2 Å². The minimum atomic E-state index is -2.40. The van der Waals surface area contributed by atoms with Crippen LogP contribution in [0.15, 0.2) is 36.2 Å². The lowest BCUT2D eigenvalue weighted by molar-refractivity contribution is -0.147. The highest BCUT2D eigenvalue weighted by molar-refractivity contribution is 5.76. The van der Waals surface area contributed by atoms with E-state index in [1.165, 1.54) is 11.7 Å². The quantitative estimate of drug-likeness (QED) is 0.796. The molecule has 112 valence electrons. The highest BCUT2D eigenvalue weighted by Crippen LogP contribution is 2.15. The zero-order chi connectivity index (χ0) is 15.4. The number of ether oxygens (including phenoxy) is 1. The molecule has 1 unspecified atom stereocenters. The molecule has 1 heterocycles. The highest BCUT2D eigenvalue weighted by atomic mass is 19.3. The minimum absolute atomic E-state index is 0.465. The Morgan fingerprint density at radius 3 is 2.33 bits per heavy atom. The molecule has 0 aliphatic carbocycles. The van der Waals surface area contributed by atoms with Crippen molar-refractivity contribution < 1.29 is 22.7 Å². The van der Waals surface area contributed by atoms with Crippen LogP contribution in [-0.2, 0) is 9.53 Å². The van der Waals surface area contributed by atoms with Crippen LogP contribution in [0.2, 0.25) is 0 Å². The van der Waals surface area contributed by atoms with E-state index in [9.17, 15) is 18.0 Å². The van der Waals surface area contributed by atoms with Crippen LogP contribution in [0.1, 0.15) is 19.4 Å². The molecule has 0 saturated heterocycles. The van der Waals surface area contributed by atoms with Gasteiger partial charge in [-0.15, -0.1) is 0 Å². The van der Waals surface area contributed by atoms with Gasteiger partial charge in [0.05, 0.1) is 6.61 Å². The van der Waals surface area contributed by atoms with E-state index in [4.69, 9.17) is 4.74 Å². The van der Waals surface area contributed by atoms with Crippen LogP contribution >= 0.6 is 0 Å². The van der Waals surface area contributed by atoms with Crippen molar-refractivity contribution in [2.75, 3.05) is 6.61 Å². The first kappa shape index (κ1) is 15.0. The maximum atomic E-state index is 12.5. The van der Waals surface area contributed by atoms with Crippen molar-refractivity contribution >= 4 is 17.0 Å². The second kappa shape index (κ2) is 6.38. The fourth-order valence-corrected chi connectivity index (χ4v) is 1.60. The number of carbonyl (C=O) groups excluding carboxylic acids is 1. The third-order valence-electron chi connectivity index (χ3n) is 2.76. The van der Waals surface area contributed by atoms with Crippen LogP contribution in [0, 0.1) is 0 Å². The van der Waals surface area contributed by atoms with Crippen LogP contribution in [0.5, 0.6) is 0 Å². The number of benzene rings is 1. The Morgan fingerprint density at radius 2 is 1.81 bits per heavy atom. The molecule has 0 N–H and O–H groups in total. The van der Waals surface area contributed by atoms with Crippen LogP contribution in [0.3, 0.4) is 0 Å². The van der Waals surface area contributed by atoms with Gasteiger partial charge in [-0.05, 0) is 19.1 Å². The number of rotatable bonds is 5. The zero-order valence-corrected chi connectivity index (χ0v) is 11.1. The lowest BCUT2D eigenvalue weighted by Gasteiger charge is -2.09. The molecule has 0 radical (unpaired) electrons. The molecule has 21 heavy (non-hydrogen) atoms. The summed E-state index contributed by atoms with van der Waals surface area (Å²) in [5.41, 5.74) is 1.23. The predicted molar refractivity (Wildman–Crippen MR) is 68.2 cm³/mol. The van der Waals surface area contributed by atoms with Gasteiger partial charge in [-0.25, -0.2) is 9.18 Å². The first-order chi connectivity index (χ1) is 9.99. The highest BCUT2D eigenvalue weighted by Gasteiger charge is 2.19. The Labute approximate surface area is 118 Å². The van der Waals surface area contributed by atoms with Crippen molar-refractivity contribution in [3.8, 4) is 0 Å². The summed E-state index contributed by atoms with van der Waals surface area (Å²) < 4.78 is 40.9. The van der Waals surface area contributed by atoms with Crippen molar-refractivity contribution in [3.05, 3.63) is 36.2 Å². The fraction of sp³-hybridized carbons (Fsp3) is 0.308. The molecule has 0 aliphatic heterocycles. The Balaban J connectivity index is 1.97. The number of nitrogens with zero attached hydrogens (tertiary/aromatic N) is 3. The monoisotopic (exact) mass is 299 g/mol. The number of hydrogen-bond donors (Lipinski definition) is 0. The smallest absolute Gasteiger partial charge is 0.332 e. The number of esters is 1. The maximum absolute atomic E-state index is 12.5. The summed E-state index contributed by atoms with van der Waals surface area (Å²) in [5.74, 6) is -2.30. The van der Waals surface area contributed by atoms with Gasteiger partial charge in [0.25, 0.3) is 0 Å². The predicted octanol–water partition coefficient (Wildman–Crippen LogP) is 3.00. The van der Waals surface area contributed by atoms with E-state index >= 15 is 0 Å². The normalized spacial score (nSPS) is 12.2. The first-order valence-electron chi connectivity index (χ1n) is 6.17. The Hall–Kier alpha value is -2.38. The Bertz CT molecular complexity index is 647. The summed E-state index contributed by atoms with van der Waals surface area (Å²) >= 11 is 0. The molecule has 8 heteroatoms. The summed E-state index contributed by atoms with van der Waals surface area (Å²) in [4.78, 5) is 12.9. The second-order valence-corrected chi connectivity index (χ2v) is 4.27. The molecule has 0 spiro atoms. The maximum Gasteiger partial charge on any atom is 0.332 e. The van der Waals surface area contributed by atoms with E-state index in [0.29, 0.717) is 11.0 Å². The van der Waals surface area contributed by atoms with Gasteiger partial charge in [0.2, 0.25) is 0 Å². The molecule has 1 aromatic carbocycles. The molecule has 1 aromatic heterocycles. The SMILES string of the molecule is CC(C(=O)OCCC(F)=C(F)F)n1nc2ccccc2n1. The summed E-state index contributed by atoms with van der Waals surface area (Å²) in [7, 11) is 0. The van der Waals surface area contributed by atoms with Gasteiger partial charge in [0.1, 0.15) is 11.0 Å². The molecular weight excluding hydrogens is 287 g/mol. The Kier molecular flexibility index (Phi) is 4.56. The second-order valence-electron chi connectivity index (χ2n) is 4.27. The first-order valence-corrected chi connectivity index (χ1v) is 6.17. The van der Waals surface area contributed by atoms with Crippen LogP contribution in [-0.4, -0.2) is 27.6 Å². The van der Waals surface area contributed by atoms with Gasteiger partial charge >= 0.3 is 12.0 Å². The minimum Gasteiger partial charge on any atom is -0.464 e. The molecule has 5 nitrogen and oxygen atoms in total. The van der Waals surface area contributed by atoms with E-state index in [-0.39, 0.29) is 0 Å². The number of hydrogen-bond acceptors (Lipinski definition) is 4. The largest absolute Gasteiger partial charge is 0.464 e. The summed E-state index contributed by atoms with van der Waals surface area (Å²) in [6.07, 6.45) is -3.06. The number of halogens is 3. The van der Waals surface area contributed by atoms with Crippen molar-refractivity contribution in [2.24, 2.45) is 0 Å². The molecule has 2 rings (SSSR count). The third kappa shape index (κ3) is 3.59. The number of carbonyl (C=O) groups is 1. The lowest BCUT2D eigenvalue weighted by Crippen LogP contribution is -2.21. The van der Waals surface area contributed by atoms with Crippen molar-refractivity contribution in [3.63, 3.8) is 0 Å². The van der Waals surface area contributed by atoms with Crippen molar-refractivity contribution in [1.82, 2.24) is 15.0 Å². The molecule has 0 aliphatic rings. The molecule has 1 atom stereocenters. The van der Waals surface area contributed by atoms with Gasteiger partial charge in [-0.2, -0.15) is 23.8 Å². The summed E-state index contributed by atoms with van der Waals surface area (Å²) in [6.45, 7) is 1.04. The fourth-order valence-electron chi connectivity index (χ4n) is 1.60. The number of fused-ring (bicyclic) bond motifs is 1. The average Bonchev–Trinajstić information content (AvgIpc) is 2.89. The Morgan fingerprint density at radius 1 is 1.24 bits per heavy atom. The van der Waals surface area contributed by atoms with Crippen LogP contribution in [0.4, 0.5) is 13.2 Å².